The van der Waals surface area contributed by atoms with Crippen molar-refractivity contribution in [1.29, 1.82) is 5.26 Å². The van der Waals surface area contributed by atoms with Gasteiger partial charge < -0.3 is 0 Å². The topological polar surface area (TPSA) is 61.9 Å². The smallest absolute Gasteiger partial charge is 0.205 e. The van der Waals surface area contributed by atoms with Gasteiger partial charge in [-0.1, -0.05) is 0 Å². The molecule has 0 spiro atoms. The molecule has 2 rings (SSSR count). The minimum Gasteiger partial charge on any atom is -0.265 e. The van der Waals surface area contributed by atoms with Crippen LogP contribution in [0.15, 0.2) is 29.5 Å². The summed E-state index contributed by atoms with van der Waals surface area (Å²) in [6.45, 7) is 1.94. The van der Waals surface area contributed by atoms with Gasteiger partial charge in [-0.3, -0.25) is 4.98 Å². The van der Waals surface area contributed by atoms with Crippen LogP contribution in [-0.2, 0) is 0 Å². The molecule has 0 aromatic carbocycles. The van der Waals surface area contributed by atoms with Crippen molar-refractivity contribution in [3.63, 3.8) is 0 Å². The molecule has 0 aliphatic carbocycles. The first-order chi connectivity index (χ1) is 7.81. The highest BCUT2D eigenvalue weighted by atomic mass is 32.1. The van der Waals surface area contributed by atoms with E-state index in [1.54, 1.807) is 18.6 Å². The molecule has 2 aromatic heterocycles. The van der Waals surface area contributed by atoms with Crippen molar-refractivity contribution in [1.82, 2.24) is 9.97 Å². The van der Waals surface area contributed by atoms with E-state index >= 15 is 0 Å². The molecule has 0 aliphatic rings. The predicted molar refractivity (Wildman–Crippen MR) is 63.3 cm³/mol. The summed E-state index contributed by atoms with van der Waals surface area (Å²) in [7, 11) is 0. The number of thiazole rings is 1. The van der Waals surface area contributed by atoms with Gasteiger partial charge in [0.05, 0.1) is 16.8 Å². The minimum absolute atomic E-state index is 0.742. The van der Waals surface area contributed by atoms with Gasteiger partial charge in [-0.15, -0.1) is 11.3 Å². The SMILES string of the molecule is Cc1nc(C=NC#N)sc1-c1ccncc1. The van der Waals surface area contributed by atoms with Crippen LogP contribution in [0.25, 0.3) is 10.4 Å². The molecule has 5 heteroatoms. The highest BCUT2D eigenvalue weighted by Crippen LogP contribution is 2.28. The van der Waals surface area contributed by atoms with Crippen molar-refractivity contribution in [2.24, 2.45) is 4.99 Å². The summed E-state index contributed by atoms with van der Waals surface area (Å²) >= 11 is 1.51. The average Bonchev–Trinajstić information content (AvgIpc) is 2.69. The Hall–Kier alpha value is -2.06. The number of aromatic nitrogens is 2. The maximum absolute atomic E-state index is 8.34. The van der Waals surface area contributed by atoms with Crippen molar-refractivity contribution in [3.05, 3.63) is 35.2 Å². The summed E-state index contributed by atoms with van der Waals surface area (Å²) in [6, 6.07) is 3.87. The number of hydrogen-bond donors (Lipinski definition) is 0. The molecule has 0 N–H and O–H groups in total. The molecule has 2 aromatic rings. The van der Waals surface area contributed by atoms with Crippen LogP contribution in [-0.4, -0.2) is 16.2 Å². The second-order valence-electron chi connectivity index (χ2n) is 3.06. The number of aliphatic imine (C=N–C) groups is 1. The van der Waals surface area contributed by atoms with Gasteiger partial charge in [0, 0.05) is 12.4 Å². The van der Waals surface area contributed by atoms with Gasteiger partial charge in [-0.2, -0.15) is 10.3 Å². The fraction of sp³-hybridized carbons (Fsp3) is 0.0909. The van der Waals surface area contributed by atoms with Gasteiger partial charge in [0.1, 0.15) is 5.01 Å². The van der Waals surface area contributed by atoms with Crippen molar-refractivity contribution in [2.45, 2.75) is 6.92 Å². The predicted octanol–water partition coefficient (Wildman–Crippen LogP) is 2.41. The molecule has 2 heterocycles. The summed E-state index contributed by atoms with van der Waals surface area (Å²) in [5.74, 6) is 0. The van der Waals surface area contributed by atoms with Crippen molar-refractivity contribution in [2.75, 3.05) is 0 Å². The Bertz CT molecular complexity index is 551. The first-order valence-corrected chi connectivity index (χ1v) is 5.43. The first kappa shape index (κ1) is 10.5. The van der Waals surface area contributed by atoms with Crippen molar-refractivity contribution in [3.8, 4) is 16.6 Å². The Morgan fingerprint density at radius 2 is 2.19 bits per heavy atom. The van der Waals surface area contributed by atoms with Crippen LogP contribution < -0.4 is 0 Å². The van der Waals surface area contributed by atoms with Gasteiger partial charge in [0.2, 0.25) is 6.19 Å². The molecule has 0 atom stereocenters. The molecule has 0 unspecified atom stereocenters. The van der Waals surface area contributed by atoms with Gasteiger partial charge in [-0.05, 0) is 24.6 Å². The van der Waals surface area contributed by atoms with Crippen LogP contribution in [0, 0.1) is 18.4 Å². The third-order valence-electron chi connectivity index (χ3n) is 1.99. The molecule has 78 valence electrons. The number of nitriles is 1. The van der Waals surface area contributed by atoms with Crippen molar-refractivity contribution >= 4 is 17.6 Å². The van der Waals surface area contributed by atoms with E-state index in [1.807, 2.05) is 19.1 Å². The van der Waals surface area contributed by atoms with Crippen LogP contribution in [0.1, 0.15) is 10.7 Å². The number of nitrogens with zero attached hydrogens (tertiary/aromatic N) is 4. The Kier molecular flexibility index (Phi) is 3.03. The summed E-state index contributed by atoms with van der Waals surface area (Å²) in [5.41, 5.74) is 2.03. The van der Waals surface area contributed by atoms with Crippen LogP contribution in [0.5, 0.6) is 0 Å². The third-order valence-corrected chi connectivity index (χ3v) is 3.13. The second kappa shape index (κ2) is 4.64. The van der Waals surface area contributed by atoms with E-state index in [0.29, 0.717) is 0 Å². The molecule has 0 aliphatic heterocycles. The number of hydrogen-bond acceptors (Lipinski definition) is 5. The number of pyridine rings is 1. The lowest BCUT2D eigenvalue weighted by Crippen LogP contribution is -1.79. The lowest BCUT2D eigenvalue weighted by Gasteiger charge is -1.95. The molecule has 0 saturated heterocycles. The highest BCUT2D eigenvalue weighted by molar-refractivity contribution is 7.16. The van der Waals surface area contributed by atoms with Crippen LogP contribution in [0.4, 0.5) is 0 Å². The molecule has 4 nitrogen and oxygen atoms in total. The molecule has 0 fully saturated rings. The lowest BCUT2D eigenvalue weighted by molar-refractivity contribution is 1.25. The minimum atomic E-state index is 0.742. The Morgan fingerprint density at radius 1 is 1.44 bits per heavy atom. The van der Waals surface area contributed by atoms with E-state index < -0.39 is 0 Å². The molecule has 0 radical (unpaired) electrons. The van der Waals surface area contributed by atoms with Gasteiger partial charge >= 0.3 is 0 Å². The maximum atomic E-state index is 8.34. The normalized spacial score (nSPS) is 10.5. The van der Waals surface area contributed by atoms with E-state index in [9.17, 15) is 0 Å². The third kappa shape index (κ3) is 2.12. The zero-order valence-electron chi connectivity index (χ0n) is 8.58. The maximum Gasteiger partial charge on any atom is 0.205 e. The fourth-order valence-electron chi connectivity index (χ4n) is 1.33. The van der Waals surface area contributed by atoms with E-state index in [2.05, 4.69) is 15.0 Å². The Balaban J connectivity index is 2.40. The van der Waals surface area contributed by atoms with E-state index in [-0.39, 0.29) is 0 Å². The largest absolute Gasteiger partial charge is 0.265 e. The highest BCUT2D eigenvalue weighted by Gasteiger charge is 2.07. The zero-order valence-corrected chi connectivity index (χ0v) is 9.40. The first-order valence-electron chi connectivity index (χ1n) is 4.61. The van der Waals surface area contributed by atoms with Crippen molar-refractivity contribution < 1.29 is 0 Å². The molecule has 0 bridgehead atoms. The van der Waals surface area contributed by atoms with Gasteiger partial charge in [-0.25, -0.2) is 4.98 Å². The quantitative estimate of drug-likeness (QED) is 0.585. The molecule has 16 heavy (non-hydrogen) atoms. The van der Waals surface area contributed by atoms with Gasteiger partial charge in [0.25, 0.3) is 0 Å². The molecule has 0 saturated carbocycles. The Morgan fingerprint density at radius 3 is 2.88 bits per heavy atom. The lowest BCUT2D eigenvalue weighted by atomic mass is 10.2. The summed E-state index contributed by atoms with van der Waals surface area (Å²) in [5, 5.41) is 9.08. The fourth-order valence-corrected chi connectivity index (χ4v) is 2.27. The standard InChI is InChI=1S/C11H8N4S/c1-8-11(9-2-4-13-5-3-9)16-10(15-8)6-14-7-12/h2-6H,1H3. The second-order valence-corrected chi connectivity index (χ2v) is 4.09. The summed E-state index contributed by atoms with van der Waals surface area (Å²) < 4.78 is 0. The van der Waals surface area contributed by atoms with Gasteiger partial charge in [0.15, 0.2) is 0 Å². The molecule has 0 amide bonds. The number of rotatable bonds is 2. The average molecular weight is 228 g/mol. The van der Waals surface area contributed by atoms with Crippen LogP contribution in [0.2, 0.25) is 0 Å². The van der Waals surface area contributed by atoms with Crippen LogP contribution in [0.3, 0.4) is 0 Å². The van der Waals surface area contributed by atoms with E-state index in [0.717, 1.165) is 21.1 Å². The zero-order chi connectivity index (χ0) is 11.4. The van der Waals surface area contributed by atoms with Crippen LogP contribution >= 0.6 is 11.3 Å². The number of aryl methyl sites for hydroxylation is 1. The Labute approximate surface area is 97.0 Å². The van der Waals surface area contributed by atoms with E-state index in [1.165, 1.54) is 17.6 Å². The molecular weight excluding hydrogens is 220 g/mol. The summed E-state index contributed by atoms with van der Waals surface area (Å²) in [6.07, 6.45) is 6.68. The summed E-state index contributed by atoms with van der Waals surface area (Å²) in [4.78, 5) is 12.9. The van der Waals surface area contributed by atoms with E-state index in [4.69, 9.17) is 5.26 Å². The monoisotopic (exact) mass is 228 g/mol. The molecular formula is C11H8N4S.